The van der Waals surface area contributed by atoms with Crippen LogP contribution in [0.15, 0.2) is 18.2 Å². The molecule has 0 radical (unpaired) electrons. The Labute approximate surface area is 125 Å². The van der Waals surface area contributed by atoms with Crippen LogP contribution in [-0.2, 0) is 4.79 Å². The molecule has 1 aromatic rings. The zero-order valence-electron chi connectivity index (χ0n) is 12.3. The first-order chi connectivity index (χ1) is 9.38. The van der Waals surface area contributed by atoms with Crippen LogP contribution < -0.4 is 11.1 Å². The van der Waals surface area contributed by atoms with Crippen molar-refractivity contribution in [1.29, 1.82) is 0 Å². The third-order valence-electron chi connectivity index (χ3n) is 2.84. The Morgan fingerprint density at radius 1 is 1.30 bits per heavy atom. The second-order valence-corrected chi connectivity index (χ2v) is 5.59. The van der Waals surface area contributed by atoms with E-state index in [1.54, 1.807) is 18.2 Å². The molecule has 0 aromatic heterocycles. The molecule has 6 heteroatoms. The van der Waals surface area contributed by atoms with Gasteiger partial charge >= 0.3 is 0 Å². The lowest BCUT2D eigenvalue weighted by atomic mass is 10.3. The summed E-state index contributed by atoms with van der Waals surface area (Å²) in [5.41, 5.74) is 6.82. The van der Waals surface area contributed by atoms with Crippen LogP contribution in [0.5, 0.6) is 0 Å². The smallest absolute Gasteiger partial charge is 0.238 e. The monoisotopic (exact) mass is 298 g/mol. The normalized spacial score (nSPS) is 11.1. The lowest BCUT2D eigenvalue weighted by Crippen LogP contribution is -2.32. The first-order valence-electron chi connectivity index (χ1n) is 6.56. The molecule has 5 nitrogen and oxygen atoms in total. The van der Waals surface area contributed by atoms with Gasteiger partial charge in [-0.1, -0.05) is 11.6 Å². The van der Waals surface area contributed by atoms with Crippen LogP contribution in [0.2, 0.25) is 5.02 Å². The molecule has 0 unspecified atom stereocenters. The van der Waals surface area contributed by atoms with E-state index in [1.165, 1.54) is 0 Å². The standard InChI is InChI=1S/C14H23ClN4O/c1-18(2)7-4-8-19(3)10-14(20)17-11-5-6-12(15)13(16)9-11/h5-6,9H,4,7-8,10,16H2,1-3H3,(H,17,20). The molecule has 0 bridgehead atoms. The average molecular weight is 299 g/mol. The molecule has 20 heavy (non-hydrogen) atoms. The van der Waals surface area contributed by atoms with Crippen LogP contribution >= 0.6 is 11.6 Å². The number of nitrogen functional groups attached to an aromatic ring is 1. The number of benzene rings is 1. The van der Waals surface area contributed by atoms with Crippen molar-refractivity contribution in [3.05, 3.63) is 23.2 Å². The molecule has 0 atom stereocenters. The fourth-order valence-corrected chi connectivity index (χ4v) is 1.92. The minimum atomic E-state index is -0.0564. The largest absolute Gasteiger partial charge is 0.397 e. The number of hydrogen-bond donors (Lipinski definition) is 2. The number of halogens is 1. The Balaban J connectivity index is 2.37. The molecule has 0 aliphatic carbocycles. The average Bonchev–Trinajstić information content (AvgIpc) is 2.33. The zero-order valence-corrected chi connectivity index (χ0v) is 13.1. The zero-order chi connectivity index (χ0) is 15.1. The van der Waals surface area contributed by atoms with E-state index in [0.717, 1.165) is 19.5 Å². The molecule has 0 aliphatic rings. The lowest BCUT2D eigenvalue weighted by Gasteiger charge is -2.17. The highest BCUT2D eigenvalue weighted by molar-refractivity contribution is 6.33. The Morgan fingerprint density at radius 2 is 2.00 bits per heavy atom. The van der Waals surface area contributed by atoms with Crippen LogP contribution in [0.3, 0.4) is 0 Å². The molecule has 1 aromatic carbocycles. The minimum Gasteiger partial charge on any atom is -0.397 e. The van der Waals surface area contributed by atoms with Gasteiger partial charge in [-0.15, -0.1) is 0 Å². The predicted molar refractivity (Wildman–Crippen MR) is 85.2 cm³/mol. The molecule has 0 spiro atoms. The van der Waals surface area contributed by atoms with E-state index < -0.39 is 0 Å². The van der Waals surface area contributed by atoms with Crippen molar-refractivity contribution < 1.29 is 4.79 Å². The van der Waals surface area contributed by atoms with Crippen LogP contribution in [0, 0.1) is 0 Å². The molecule has 112 valence electrons. The summed E-state index contributed by atoms with van der Waals surface area (Å²) in [6.07, 6.45) is 1.03. The van der Waals surface area contributed by atoms with E-state index in [9.17, 15) is 4.79 Å². The number of carbonyl (C=O) groups excluding carboxylic acids is 1. The van der Waals surface area contributed by atoms with Gasteiger partial charge in [-0.05, 0) is 58.9 Å². The van der Waals surface area contributed by atoms with Crippen molar-refractivity contribution in [1.82, 2.24) is 9.80 Å². The molecule has 0 aliphatic heterocycles. The van der Waals surface area contributed by atoms with Crippen molar-refractivity contribution in [2.24, 2.45) is 0 Å². The first kappa shape index (κ1) is 16.8. The highest BCUT2D eigenvalue weighted by Crippen LogP contribution is 2.22. The van der Waals surface area contributed by atoms with Crippen LogP contribution in [-0.4, -0.2) is 56.5 Å². The lowest BCUT2D eigenvalue weighted by molar-refractivity contribution is -0.117. The van der Waals surface area contributed by atoms with E-state index in [0.29, 0.717) is 22.9 Å². The van der Waals surface area contributed by atoms with Crippen molar-refractivity contribution in [3.8, 4) is 0 Å². The van der Waals surface area contributed by atoms with E-state index >= 15 is 0 Å². The van der Waals surface area contributed by atoms with Gasteiger partial charge in [0.05, 0.1) is 17.3 Å². The van der Waals surface area contributed by atoms with E-state index in [-0.39, 0.29) is 5.91 Å². The molecular weight excluding hydrogens is 276 g/mol. The number of likely N-dealkylation sites (N-methyl/N-ethyl adjacent to an activating group) is 1. The van der Waals surface area contributed by atoms with Crippen molar-refractivity contribution in [2.75, 3.05) is 51.8 Å². The Hall–Kier alpha value is -1.30. The summed E-state index contributed by atoms with van der Waals surface area (Å²) in [5.74, 6) is -0.0564. The van der Waals surface area contributed by atoms with Gasteiger partial charge in [0.2, 0.25) is 5.91 Å². The number of carbonyl (C=O) groups is 1. The fourth-order valence-electron chi connectivity index (χ4n) is 1.80. The number of amides is 1. The van der Waals surface area contributed by atoms with Crippen LogP contribution in [0.25, 0.3) is 0 Å². The van der Waals surface area contributed by atoms with Gasteiger partial charge in [0, 0.05) is 5.69 Å². The second kappa shape index (κ2) is 8.09. The third kappa shape index (κ3) is 6.23. The number of anilines is 2. The Bertz CT molecular complexity index is 451. The summed E-state index contributed by atoms with van der Waals surface area (Å²) in [6.45, 7) is 2.25. The summed E-state index contributed by atoms with van der Waals surface area (Å²) in [7, 11) is 6.01. The highest BCUT2D eigenvalue weighted by Gasteiger charge is 2.07. The maximum Gasteiger partial charge on any atom is 0.238 e. The van der Waals surface area contributed by atoms with Gasteiger partial charge in [-0.2, -0.15) is 0 Å². The molecular formula is C14H23ClN4O. The van der Waals surface area contributed by atoms with Gasteiger partial charge in [0.15, 0.2) is 0 Å². The van der Waals surface area contributed by atoms with Gasteiger partial charge in [-0.25, -0.2) is 0 Å². The molecule has 0 saturated carbocycles. The number of hydrogen-bond acceptors (Lipinski definition) is 4. The maximum absolute atomic E-state index is 11.9. The Morgan fingerprint density at radius 3 is 2.60 bits per heavy atom. The van der Waals surface area contributed by atoms with Gasteiger partial charge in [-0.3, -0.25) is 9.69 Å². The van der Waals surface area contributed by atoms with E-state index in [4.69, 9.17) is 17.3 Å². The molecule has 0 fully saturated rings. The van der Waals surface area contributed by atoms with Gasteiger partial charge in [0.1, 0.15) is 0 Å². The quantitative estimate of drug-likeness (QED) is 0.753. The summed E-state index contributed by atoms with van der Waals surface area (Å²) in [4.78, 5) is 16.0. The van der Waals surface area contributed by atoms with Crippen molar-refractivity contribution in [2.45, 2.75) is 6.42 Å². The molecule has 3 N–H and O–H groups in total. The maximum atomic E-state index is 11.9. The SMILES string of the molecule is CN(C)CCCN(C)CC(=O)Nc1ccc(Cl)c(N)c1. The van der Waals surface area contributed by atoms with Gasteiger partial charge in [0.25, 0.3) is 0 Å². The second-order valence-electron chi connectivity index (χ2n) is 5.18. The molecule has 0 saturated heterocycles. The van der Waals surface area contributed by atoms with Crippen LogP contribution in [0.4, 0.5) is 11.4 Å². The summed E-state index contributed by atoms with van der Waals surface area (Å²) in [6, 6.07) is 5.07. The Kier molecular flexibility index (Phi) is 6.78. The predicted octanol–water partition coefficient (Wildman–Crippen LogP) is 1.74. The summed E-state index contributed by atoms with van der Waals surface area (Å²) in [5, 5.41) is 3.30. The van der Waals surface area contributed by atoms with E-state index in [1.807, 2.05) is 26.0 Å². The van der Waals surface area contributed by atoms with Crippen molar-refractivity contribution in [3.63, 3.8) is 0 Å². The number of rotatable bonds is 7. The van der Waals surface area contributed by atoms with Crippen LogP contribution in [0.1, 0.15) is 6.42 Å². The van der Waals surface area contributed by atoms with Gasteiger partial charge < -0.3 is 16.0 Å². The van der Waals surface area contributed by atoms with E-state index in [2.05, 4.69) is 10.2 Å². The summed E-state index contributed by atoms with van der Waals surface area (Å²) >= 11 is 5.83. The minimum absolute atomic E-state index is 0.0564. The van der Waals surface area contributed by atoms with Crippen molar-refractivity contribution >= 4 is 28.9 Å². The summed E-state index contributed by atoms with van der Waals surface area (Å²) < 4.78 is 0. The molecule has 0 heterocycles. The molecule has 1 rings (SSSR count). The number of nitrogens with two attached hydrogens (primary N) is 1. The third-order valence-corrected chi connectivity index (χ3v) is 3.18. The number of nitrogens with zero attached hydrogens (tertiary/aromatic N) is 2. The number of nitrogens with one attached hydrogen (secondary N) is 1. The first-order valence-corrected chi connectivity index (χ1v) is 6.94. The molecule has 1 amide bonds. The highest BCUT2D eigenvalue weighted by atomic mass is 35.5. The fraction of sp³-hybridized carbons (Fsp3) is 0.500. The topological polar surface area (TPSA) is 61.6 Å².